The standard InChI is InChI=1S/C13H9F2NO2/c1-18-9-4-2-3-8(5-9)13(17)10-6-12(15)16-7-11(10)14/h2-7H,1H3. The van der Waals surface area contributed by atoms with E-state index in [0.717, 1.165) is 6.07 Å². The van der Waals surface area contributed by atoms with Crippen molar-refractivity contribution in [2.75, 3.05) is 7.11 Å². The van der Waals surface area contributed by atoms with Gasteiger partial charge in [0, 0.05) is 11.6 Å². The largest absolute Gasteiger partial charge is 0.497 e. The summed E-state index contributed by atoms with van der Waals surface area (Å²) >= 11 is 0. The molecular formula is C13H9F2NO2. The third-order valence-electron chi connectivity index (χ3n) is 2.40. The van der Waals surface area contributed by atoms with Crippen LogP contribution in [0.25, 0.3) is 0 Å². The number of rotatable bonds is 3. The molecule has 0 fully saturated rings. The molecule has 2 aromatic rings. The number of halogens is 2. The van der Waals surface area contributed by atoms with E-state index in [9.17, 15) is 13.6 Å². The summed E-state index contributed by atoms with van der Waals surface area (Å²) in [7, 11) is 1.45. The Morgan fingerprint density at radius 1 is 1.28 bits per heavy atom. The maximum Gasteiger partial charge on any atom is 0.213 e. The number of ether oxygens (including phenoxy) is 1. The molecule has 0 atom stereocenters. The van der Waals surface area contributed by atoms with Crippen molar-refractivity contribution in [3.05, 3.63) is 59.4 Å². The second-order valence-corrected chi connectivity index (χ2v) is 3.55. The van der Waals surface area contributed by atoms with Crippen molar-refractivity contribution in [3.8, 4) is 5.75 Å². The number of pyridine rings is 1. The molecule has 1 aromatic heterocycles. The summed E-state index contributed by atoms with van der Waals surface area (Å²) in [6.45, 7) is 0. The zero-order chi connectivity index (χ0) is 13.1. The topological polar surface area (TPSA) is 39.2 Å². The van der Waals surface area contributed by atoms with Crippen molar-refractivity contribution in [3.63, 3.8) is 0 Å². The second kappa shape index (κ2) is 4.91. The molecule has 0 unspecified atom stereocenters. The number of carbonyl (C=O) groups is 1. The van der Waals surface area contributed by atoms with Gasteiger partial charge < -0.3 is 4.74 Å². The summed E-state index contributed by atoms with van der Waals surface area (Å²) in [5.41, 5.74) is -0.130. The Hall–Kier alpha value is -2.30. The van der Waals surface area contributed by atoms with Gasteiger partial charge in [-0.15, -0.1) is 0 Å². The van der Waals surface area contributed by atoms with Gasteiger partial charge in [-0.05, 0) is 12.1 Å². The molecule has 0 amide bonds. The Morgan fingerprint density at radius 3 is 2.78 bits per heavy atom. The Morgan fingerprint density at radius 2 is 2.06 bits per heavy atom. The van der Waals surface area contributed by atoms with Crippen molar-refractivity contribution in [1.82, 2.24) is 4.98 Å². The Balaban J connectivity index is 2.44. The lowest BCUT2D eigenvalue weighted by Gasteiger charge is -2.04. The highest BCUT2D eigenvalue weighted by Crippen LogP contribution is 2.18. The molecule has 1 aromatic carbocycles. The van der Waals surface area contributed by atoms with Crippen LogP contribution >= 0.6 is 0 Å². The maximum atomic E-state index is 13.4. The zero-order valence-electron chi connectivity index (χ0n) is 9.48. The van der Waals surface area contributed by atoms with E-state index in [1.807, 2.05) is 0 Å². The zero-order valence-corrected chi connectivity index (χ0v) is 9.48. The molecule has 0 aliphatic carbocycles. The van der Waals surface area contributed by atoms with E-state index in [1.54, 1.807) is 12.1 Å². The predicted molar refractivity (Wildman–Crippen MR) is 60.6 cm³/mol. The molecule has 0 N–H and O–H groups in total. The molecule has 92 valence electrons. The van der Waals surface area contributed by atoms with Gasteiger partial charge in [-0.3, -0.25) is 4.79 Å². The van der Waals surface area contributed by atoms with Gasteiger partial charge in [0.1, 0.15) is 5.75 Å². The van der Waals surface area contributed by atoms with Crippen LogP contribution in [0.2, 0.25) is 0 Å². The highest BCUT2D eigenvalue weighted by atomic mass is 19.1. The van der Waals surface area contributed by atoms with Crippen LogP contribution in [0.15, 0.2) is 36.5 Å². The number of nitrogens with zero attached hydrogens (tertiary/aromatic N) is 1. The van der Waals surface area contributed by atoms with Crippen LogP contribution in [-0.4, -0.2) is 17.9 Å². The van der Waals surface area contributed by atoms with Crippen LogP contribution < -0.4 is 4.74 Å². The molecule has 3 nitrogen and oxygen atoms in total. The molecule has 2 rings (SSSR count). The molecular weight excluding hydrogens is 240 g/mol. The van der Waals surface area contributed by atoms with Crippen molar-refractivity contribution in [1.29, 1.82) is 0 Å². The minimum Gasteiger partial charge on any atom is -0.497 e. The highest BCUT2D eigenvalue weighted by molar-refractivity contribution is 6.09. The third kappa shape index (κ3) is 2.34. The minimum absolute atomic E-state index is 0.221. The summed E-state index contributed by atoms with van der Waals surface area (Å²) in [6, 6.07) is 6.99. The molecule has 0 aliphatic rings. The first-order valence-corrected chi connectivity index (χ1v) is 5.11. The van der Waals surface area contributed by atoms with E-state index in [0.29, 0.717) is 11.9 Å². The minimum atomic E-state index is -0.900. The number of methoxy groups -OCH3 is 1. The van der Waals surface area contributed by atoms with Crippen LogP contribution in [0, 0.1) is 11.8 Å². The van der Waals surface area contributed by atoms with Crippen molar-refractivity contribution in [2.45, 2.75) is 0 Å². The molecule has 0 spiro atoms. The summed E-state index contributed by atoms with van der Waals surface area (Å²) in [5.74, 6) is -1.91. The van der Waals surface area contributed by atoms with Crippen LogP contribution in [0.1, 0.15) is 15.9 Å². The first kappa shape index (κ1) is 12.2. The average molecular weight is 249 g/mol. The van der Waals surface area contributed by atoms with Crippen molar-refractivity contribution < 1.29 is 18.3 Å². The fourth-order valence-corrected chi connectivity index (χ4v) is 1.51. The summed E-state index contributed by atoms with van der Waals surface area (Å²) in [5, 5.41) is 0. The van der Waals surface area contributed by atoms with E-state index in [1.165, 1.54) is 19.2 Å². The average Bonchev–Trinajstić information content (AvgIpc) is 2.41. The van der Waals surface area contributed by atoms with E-state index < -0.39 is 17.5 Å². The van der Waals surface area contributed by atoms with Gasteiger partial charge in [-0.2, -0.15) is 4.39 Å². The van der Waals surface area contributed by atoms with E-state index >= 15 is 0 Å². The predicted octanol–water partition coefficient (Wildman–Crippen LogP) is 2.60. The number of hydrogen-bond donors (Lipinski definition) is 0. The molecule has 0 radical (unpaired) electrons. The summed E-state index contributed by atoms with van der Waals surface area (Å²) in [4.78, 5) is 15.1. The molecule has 0 aliphatic heterocycles. The van der Waals surface area contributed by atoms with Gasteiger partial charge in [-0.25, -0.2) is 9.37 Å². The van der Waals surface area contributed by atoms with Crippen molar-refractivity contribution in [2.24, 2.45) is 0 Å². The number of carbonyl (C=O) groups excluding carboxylic acids is 1. The molecule has 1 heterocycles. The fraction of sp³-hybridized carbons (Fsp3) is 0.0769. The van der Waals surface area contributed by atoms with Crippen LogP contribution in [-0.2, 0) is 0 Å². The Bertz CT molecular complexity index is 599. The molecule has 0 bridgehead atoms. The third-order valence-corrected chi connectivity index (χ3v) is 2.40. The van der Waals surface area contributed by atoms with Gasteiger partial charge in [0.15, 0.2) is 11.6 Å². The van der Waals surface area contributed by atoms with Gasteiger partial charge in [0.05, 0.1) is 18.9 Å². The van der Waals surface area contributed by atoms with Crippen LogP contribution in [0.4, 0.5) is 8.78 Å². The van der Waals surface area contributed by atoms with Gasteiger partial charge in [-0.1, -0.05) is 12.1 Å². The second-order valence-electron chi connectivity index (χ2n) is 3.55. The smallest absolute Gasteiger partial charge is 0.213 e. The maximum absolute atomic E-state index is 13.4. The van der Waals surface area contributed by atoms with E-state index in [4.69, 9.17) is 4.74 Å². The normalized spacial score (nSPS) is 10.2. The van der Waals surface area contributed by atoms with E-state index in [-0.39, 0.29) is 11.1 Å². The number of ketones is 1. The number of aromatic nitrogens is 1. The SMILES string of the molecule is COc1cccc(C(=O)c2cc(F)ncc2F)c1. The van der Waals surface area contributed by atoms with Crippen LogP contribution in [0.3, 0.4) is 0 Å². The summed E-state index contributed by atoms with van der Waals surface area (Å²) < 4.78 is 31.3. The number of benzene rings is 1. The Kier molecular flexibility index (Phi) is 3.32. The van der Waals surface area contributed by atoms with Gasteiger partial charge in [0.2, 0.25) is 5.95 Å². The first-order valence-electron chi connectivity index (χ1n) is 5.11. The van der Waals surface area contributed by atoms with Gasteiger partial charge >= 0.3 is 0 Å². The lowest BCUT2D eigenvalue weighted by atomic mass is 10.0. The lowest BCUT2D eigenvalue weighted by Crippen LogP contribution is -2.06. The van der Waals surface area contributed by atoms with Crippen LogP contribution in [0.5, 0.6) is 5.75 Å². The fourth-order valence-electron chi connectivity index (χ4n) is 1.51. The molecule has 0 saturated heterocycles. The first-order chi connectivity index (χ1) is 8.61. The van der Waals surface area contributed by atoms with E-state index in [2.05, 4.69) is 4.98 Å². The number of hydrogen-bond acceptors (Lipinski definition) is 3. The van der Waals surface area contributed by atoms with Crippen molar-refractivity contribution >= 4 is 5.78 Å². The molecule has 0 saturated carbocycles. The Labute approximate surface area is 102 Å². The highest BCUT2D eigenvalue weighted by Gasteiger charge is 2.16. The quantitative estimate of drug-likeness (QED) is 0.620. The molecule has 5 heteroatoms. The van der Waals surface area contributed by atoms with Gasteiger partial charge in [0.25, 0.3) is 0 Å². The summed E-state index contributed by atoms with van der Waals surface area (Å²) in [6.07, 6.45) is 0.683. The lowest BCUT2D eigenvalue weighted by molar-refractivity contribution is 0.103. The monoisotopic (exact) mass is 249 g/mol. The molecule has 18 heavy (non-hydrogen) atoms.